The van der Waals surface area contributed by atoms with Crippen LogP contribution in [0.3, 0.4) is 0 Å². The van der Waals surface area contributed by atoms with Crippen molar-refractivity contribution in [1.29, 1.82) is 0 Å². The van der Waals surface area contributed by atoms with Crippen LogP contribution in [0.5, 0.6) is 5.75 Å². The van der Waals surface area contributed by atoms with E-state index in [0.717, 1.165) is 55.7 Å². The van der Waals surface area contributed by atoms with E-state index >= 15 is 7.77 Å². The number of aromatic nitrogens is 1. The second-order valence-electron chi connectivity index (χ2n) is 21.0. The molecule has 8 rings (SSSR count). The van der Waals surface area contributed by atoms with Crippen molar-refractivity contribution in [3.63, 3.8) is 0 Å². The van der Waals surface area contributed by atoms with Gasteiger partial charge in [-0.3, -0.25) is 0 Å². The van der Waals surface area contributed by atoms with E-state index in [4.69, 9.17) is 4.74 Å². The van der Waals surface area contributed by atoms with Crippen molar-refractivity contribution in [2.45, 2.75) is 105 Å². The molecule has 62 heavy (non-hydrogen) atoms. The molecule has 0 bridgehead atoms. The summed E-state index contributed by atoms with van der Waals surface area (Å²) in [5, 5.41) is 0. The summed E-state index contributed by atoms with van der Waals surface area (Å²) in [4.78, 5) is 0. The molecule has 6 aromatic rings. The average molecular weight is 848 g/mol. The van der Waals surface area contributed by atoms with Gasteiger partial charge in [-0.2, -0.15) is 3.97 Å². The molecule has 0 saturated carbocycles. The van der Waals surface area contributed by atoms with Gasteiger partial charge in [0.05, 0.1) is 29.6 Å². The van der Waals surface area contributed by atoms with Crippen molar-refractivity contribution in [3.8, 4) is 28.1 Å². The molecule has 0 fully saturated rings. The van der Waals surface area contributed by atoms with E-state index in [2.05, 4.69) is 156 Å². The van der Waals surface area contributed by atoms with Crippen LogP contribution in [0, 0.1) is 0 Å². The molecule has 6 heteroatoms. The van der Waals surface area contributed by atoms with Crippen LogP contribution >= 0.6 is 11.2 Å². The predicted molar refractivity (Wildman–Crippen MR) is 260 cm³/mol. The number of halogens is 2. The highest BCUT2D eigenvalue weighted by atomic mass is 32.3. The predicted octanol–water partition coefficient (Wildman–Crippen LogP) is 15.6. The molecular formula is C56H61F2N2OS+. The van der Waals surface area contributed by atoms with Crippen LogP contribution in [0.4, 0.5) is 7.77 Å². The Labute approximate surface area is 370 Å². The summed E-state index contributed by atoms with van der Waals surface area (Å²) in [5.74, 6) is 0.696. The molecule has 1 aromatic heterocycles. The van der Waals surface area contributed by atoms with Crippen molar-refractivity contribution in [2.24, 2.45) is 0 Å². The molecule has 0 spiro atoms. The van der Waals surface area contributed by atoms with Crippen LogP contribution in [0.25, 0.3) is 33.5 Å². The third-order valence-electron chi connectivity index (χ3n) is 12.4. The first-order valence-electron chi connectivity index (χ1n) is 21.7. The first-order chi connectivity index (χ1) is 29.0. The number of hydrogen-bond acceptors (Lipinski definition) is 1. The average Bonchev–Trinajstić information content (AvgIpc) is 3.82. The molecule has 3 nitrogen and oxygen atoms in total. The minimum Gasteiger partial charge on any atom is -0.497 e. The van der Waals surface area contributed by atoms with E-state index in [1.54, 1.807) is 7.11 Å². The number of rotatable bonds is 6. The molecule has 0 radical (unpaired) electrons. The number of ether oxygens (including phenoxy) is 1. The fourth-order valence-electron chi connectivity index (χ4n) is 8.56. The third kappa shape index (κ3) is 7.69. The Morgan fingerprint density at radius 2 is 0.871 bits per heavy atom. The van der Waals surface area contributed by atoms with Crippen molar-refractivity contribution >= 4 is 28.0 Å². The van der Waals surface area contributed by atoms with Gasteiger partial charge in [0, 0.05) is 17.2 Å². The van der Waals surface area contributed by atoms with Gasteiger partial charge in [-0.25, -0.2) is 0 Å². The quantitative estimate of drug-likeness (QED) is 0.153. The Bertz CT molecular complexity index is 2760. The number of fused-ring (bicyclic) bond motifs is 2. The van der Waals surface area contributed by atoms with Crippen LogP contribution < -0.4 is 4.74 Å². The van der Waals surface area contributed by atoms with E-state index < -0.39 is 11.2 Å². The topological polar surface area (TPSA) is 17.2 Å². The summed E-state index contributed by atoms with van der Waals surface area (Å²) in [6, 6.07) is 43.2. The van der Waals surface area contributed by atoms with Crippen LogP contribution in [-0.4, -0.2) is 20.8 Å². The molecule has 5 aromatic carbocycles. The third-order valence-corrected chi connectivity index (χ3v) is 14.1. The highest BCUT2D eigenvalue weighted by Gasteiger charge is 2.57. The lowest BCUT2D eigenvalue weighted by Crippen LogP contribution is -2.28. The van der Waals surface area contributed by atoms with Gasteiger partial charge in [0.2, 0.25) is 11.4 Å². The highest BCUT2D eigenvalue weighted by molar-refractivity contribution is 8.19. The summed E-state index contributed by atoms with van der Waals surface area (Å²) in [6.07, 6.45) is 2.00. The molecule has 0 saturated heterocycles. The Morgan fingerprint density at radius 3 is 1.29 bits per heavy atom. The maximum atomic E-state index is 18.9. The number of nitrogens with zero attached hydrogens (tertiary/aromatic N) is 2. The zero-order valence-corrected chi connectivity index (χ0v) is 39.5. The smallest absolute Gasteiger partial charge is 0.388 e. The molecular weight excluding hydrogens is 787 g/mol. The minimum absolute atomic E-state index is 0.0734. The highest BCUT2D eigenvalue weighted by Crippen LogP contribution is 2.67. The second kappa shape index (κ2) is 15.1. The maximum Gasteiger partial charge on any atom is 0.388 e. The normalized spacial score (nSPS) is 16.0. The van der Waals surface area contributed by atoms with Gasteiger partial charge in [-0.1, -0.05) is 192 Å². The molecule has 0 aliphatic carbocycles. The summed E-state index contributed by atoms with van der Waals surface area (Å²) < 4.78 is 46.2. The van der Waals surface area contributed by atoms with E-state index in [9.17, 15) is 0 Å². The van der Waals surface area contributed by atoms with Crippen LogP contribution in [0.2, 0.25) is 0 Å². The Morgan fingerprint density at radius 1 is 0.484 bits per heavy atom. The summed E-state index contributed by atoms with van der Waals surface area (Å²) >= 11 is -4.84. The van der Waals surface area contributed by atoms with Gasteiger partial charge in [-0.15, -0.1) is 0 Å². The molecule has 320 valence electrons. The largest absolute Gasteiger partial charge is 0.497 e. The molecule has 3 heterocycles. The van der Waals surface area contributed by atoms with Gasteiger partial charge in [0.25, 0.3) is 0 Å². The van der Waals surface area contributed by atoms with Crippen molar-refractivity contribution in [2.75, 3.05) is 7.11 Å². The van der Waals surface area contributed by atoms with Crippen LogP contribution in [-0.2, 0) is 21.7 Å². The standard InChI is InChI=1S/C56H61F2N2OS/c1-53(2,3)41-24-14-36(15-25-41)46-34-48(38-18-28-43(29-19-38)55(7,8)9)59-51(46)50(40-22-32-45(61-13)33-23-40)52-47(37-16-26-42(27-17-37)54(4,5)6)35-49(60(52)62(59,57)58)39-20-30-44(31-21-39)56(10,11)12/h14-35H,1-13H3/q+1. The van der Waals surface area contributed by atoms with Crippen LogP contribution in [0.1, 0.15) is 128 Å². The number of hydrogen-bond donors (Lipinski definition) is 0. The number of allylic oxidation sites excluding steroid dienone is 2. The zero-order chi connectivity index (χ0) is 44.7. The first-order valence-corrected chi connectivity index (χ1v) is 23.0. The maximum absolute atomic E-state index is 18.9. The Kier molecular flexibility index (Phi) is 10.5. The molecule has 2 aliphatic heterocycles. The summed E-state index contributed by atoms with van der Waals surface area (Å²) in [5.41, 5.74) is 12.6. The number of methoxy groups -OCH3 is 1. The molecule has 0 unspecified atom stereocenters. The fraction of sp³-hybridized carbons (Fsp3) is 0.304. The van der Waals surface area contributed by atoms with E-state index in [0.29, 0.717) is 28.5 Å². The van der Waals surface area contributed by atoms with Crippen molar-refractivity contribution in [3.05, 3.63) is 184 Å². The SMILES string of the molecule is COc1ccc(C2=C3C(c4ccc(C(C)(C)C)cc4)=CC(c4ccc(C(C)(C)C)cc4)=[N+]3S(F)(F)n3c(-c4ccc(C(C)(C)C)cc4)cc(-c4ccc(C(C)(C)C)cc4)c32)cc1. The Balaban J connectivity index is 1.52. The lowest BCUT2D eigenvalue weighted by atomic mass is 9.85. The molecule has 0 amide bonds. The van der Waals surface area contributed by atoms with Gasteiger partial charge in [-0.05, 0) is 96.5 Å². The second-order valence-corrected chi connectivity index (χ2v) is 22.6. The lowest BCUT2D eigenvalue weighted by molar-refractivity contribution is -0.299. The van der Waals surface area contributed by atoms with E-state index in [1.807, 2.05) is 60.7 Å². The zero-order valence-electron chi connectivity index (χ0n) is 38.7. The molecule has 2 aliphatic rings. The van der Waals surface area contributed by atoms with Gasteiger partial charge in [0.1, 0.15) is 5.75 Å². The van der Waals surface area contributed by atoms with Crippen LogP contribution in [0.15, 0.2) is 139 Å². The first kappa shape index (κ1) is 43.2. The van der Waals surface area contributed by atoms with E-state index in [-0.39, 0.29) is 21.7 Å². The van der Waals surface area contributed by atoms with Gasteiger partial charge >= 0.3 is 11.2 Å². The lowest BCUT2D eigenvalue weighted by Gasteiger charge is -2.30. The summed E-state index contributed by atoms with van der Waals surface area (Å²) in [6.45, 7) is 26.2. The fourth-order valence-corrected chi connectivity index (χ4v) is 10.3. The van der Waals surface area contributed by atoms with Crippen molar-refractivity contribution < 1.29 is 16.5 Å². The summed E-state index contributed by atoms with van der Waals surface area (Å²) in [7, 11) is 1.65. The molecule has 0 atom stereocenters. The molecule has 0 N–H and O–H groups in total. The Hall–Kier alpha value is -5.46. The van der Waals surface area contributed by atoms with Gasteiger partial charge < -0.3 is 4.74 Å². The number of benzene rings is 5. The van der Waals surface area contributed by atoms with E-state index in [1.165, 1.54) is 19.1 Å². The minimum atomic E-state index is -4.84. The monoisotopic (exact) mass is 847 g/mol. The van der Waals surface area contributed by atoms with Gasteiger partial charge in [0.15, 0.2) is 0 Å². The van der Waals surface area contributed by atoms with Crippen molar-refractivity contribution in [1.82, 2.24) is 3.97 Å².